The van der Waals surface area contributed by atoms with Crippen LogP contribution in [0, 0.1) is 17.3 Å². The summed E-state index contributed by atoms with van der Waals surface area (Å²) in [6.07, 6.45) is 21.7. The van der Waals surface area contributed by atoms with Crippen molar-refractivity contribution in [3.8, 4) is 0 Å². The van der Waals surface area contributed by atoms with Crippen LogP contribution in [0.25, 0.3) is 0 Å². The second-order valence-electron chi connectivity index (χ2n) is 9.18. The molecule has 0 aromatic carbocycles. The van der Waals surface area contributed by atoms with Crippen molar-refractivity contribution >= 4 is 0 Å². The van der Waals surface area contributed by atoms with Gasteiger partial charge < -0.3 is 10.8 Å². The molecular formula is C23H37NO. The minimum absolute atomic E-state index is 0.131. The molecule has 140 valence electrons. The normalized spacial score (nSPS) is 38.6. The van der Waals surface area contributed by atoms with Gasteiger partial charge >= 0.3 is 0 Å². The van der Waals surface area contributed by atoms with Crippen LogP contribution in [0.3, 0.4) is 0 Å². The Hall–Kier alpha value is -0.860. The van der Waals surface area contributed by atoms with Gasteiger partial charge in [0.15, 0.2) is 0 Å². The summed E-state index contributed by atoms with van der Waals surface area (Å²) in [4.78, 5) is 0. The van der Waals surface area contributed by atoms with Gasteiger partial charge in [0.2, 0.25) is 0 Å². The van der Waals surface area contributed by atoms with Gasteiger partial charge in [-0.25, -0.2) is 0 Å². The maximum atomic E-state index is 9.59. The van der Waals surface area contributed by atoms with Crippen molar-refractivity contribution in [3.63, 3.8) is 0 Å². The van der Waals surface area contributed by atoms with Gasteiger partial charge in [0.05, 0.1) is 6.61 Å². The summed E-state index contributed by atoms with van der Waals surface area (Å²) in [5.41, 5.74) is 9.51. The summed E-state index contributed by atoms with van der Waals surface area (Å²) in [6, 6.07) is 0. The lowest BCUT2D eigenvalue weighted by Gasteiger charge is -2.39. The smallest absolute Gasteiger partial charge is 0.0611 e. The molecule has 0 aromatic heterocycles. The third-order valence-corrected chi connectivity index (χ3v) is 7.15. The Morgan fingerprint density at radius 3 is 2.88 bits per heavy atom. The summed E-state index contributed by atoms with van der Waals surface area (Å²) < 4.78 is 0. The molecule has 2 nitrogen and oxygen atoms in total. The lowest BCUT2D eigenvalue weighted by molar-refractivity contribution is 0.179. The largest absolute Gasteiger partial charge is 0.394 e. The van der Waals surface area contributed by atoms with Gasteiger partial charge in [0.1, 0.15) is 0 Å². The van der Waals surface area contributed by atoms with E-state index in [-0.39, 0.29) is 17.6 Å². The van der Waals surface area contributed by atoms with Crippen LogP contribution in [0.2, 0.25) is 0 Å². The molecule has 3 aliphatic rings. The van der Waals surface area contributed by atoms with Crippen molar-refractivity contribution in [2.24, 2.45) is 23.0 Å². The van der Waals surface area contributed by atoms with E-state index < -0.39 is 0 Å². The lowest BCUT2D eigenvalue weighted by Crippen LogP contribution is -2.42. The summed E-state index contributed by atoms with van der Waals surface area (Å²) in [5, 5.41) is 9.59. The van der Waals surface area contributed by atoms with Crippen molar-refractivity contribution in [2.45, 2.75) is 83.6 Å². The molecule has 0 aromatic rings. The molecule has 1 unspecified atom stereocenters. The number of allylic oxidation sites excluding steroid dienone is 6. The maximum Gasteiger partial charge on any atom is 0.0611 e. The fourth-order valence-corrected chi connectivity index (χ4v) is 5.33. The van der Waals surface area contributed by atoms with Crippen LogP contribution < -0.4 is 5.73 Å². The molecule has 25 heavy (non-hydrogen) atoms. The minimum atomic E-state index is -0.333. The van der Waals surface area contributed by atoms with E-state index in [9.17, 15) is 5.11 Å². The molecule has 0 spiro atoms. The number of unbranched alkanes of at least 4 members (excludes halogenated alkanes) is 1. The fraction of sp³-hybridized carbons (Fsp3) is 0.739. The molecule has 0 bridgehead atoms. The van der Waals surface area contributed by atoms with Gasteiger partial charge in [-0.15, -0.1) is 0 Å². The zero-order chi connectivity index (χ0) is 17.9. The topological polar surface area (TPSA) is 46.2 Å². The highest BCUT2D eigenvalue weighted by atomic mass is 16.3. The van der Waals surface area contributed by atoms with Crippen LogP contribution in [0.1, 0.15) is 78.1 Å². The first-order valence-electron chi connectivity index (χ1n) is 10.4. The summed E-state index contributed by atoms with van der Waals surface area (Å²) >= 11 is 0. The molecule has 2 saturated carbocycles. The predicted molar refractivity (Wildman–Crippen MR) is 106 cm³/mol. The van der Waals surface area contributed by atoms with E-state index in [2.05, 4.69) is 38.2 Å². The van der Waals surface area contributed by atoms with Crippen molar-refractivity contribution in [1.82, 2.24) is 0 Å². The average Bonchev–Trinajstić information content (AvgIpc) is 3.03. The van der Waals surface area contributed by atoms with Gasteiger partial charge in [-0.2, -0.15) is 0 Å². The maximum absolute atomic E-state index is 9.59. The molecule has 2 fully saturated rings. The van der Waals surface area contributed by atoms with Crippen LogP contribution >= 0.6 is 0 Å². The van der Waals surface area contributed by atoms with Gasteiger partial charge in [-0.3, -0.25) is 0 Å². The Morgan fingerprint density at radius 1 is 1.32 bits per heavy atom. The Labute approximate surface area is 154 Å². The van der Waals surface area contributed by atoms with Crippen LogP contribution in [0.4, 0.5) is 0 Å². The van der Waals surface area contributed by atoms with Crippen molar-refractivity contribution in [1.29, 1.82) is 0 Å². The second-order valence-corrected chi connectivity index (χ2v) is 9.18. The molecule has 3 rings (SSSR count). The Bertz CT molecular complexity index is 560. The first kappa shape index (κ1) is 18.9. The number of nitrogens with two attached hydrogens (primary N) is 1. The minimum Gasteiger partial charge on any atom is -0.394 e. The Kier molecular flexibility index (Phi) is 5.90. The summed E-state index contributed by atoms with van der Waals surface area (Å²) in [6.45, 7) is 4.66. The Balaban J connectivity index is 1.59. The number of rotatable bonds is 6. The summed E-state index contributed by atoms with van der Waals surface area (Å²) in [5.74, 6) is 1.50. The third kappa shape index (κ3) is 4.28. The van der Waals surface area contributed by atoms with Gasteiger partial charge in [-0.1, -0.05) is 31.2 Å². The fourth-order valence-electron chi connectivity index (χ4n) is 5.33. The number of fused-ring (bicyclic) bond motifs is 1. The number of hydrogen-bond acceptors (Lipinski definition) is 2. The molecule has 0 aliphatic heterocycles. The van der Waals surface area contributed by atoms with Crippen molar-refractivity contribution < 1.29 is 5.11 Å². The quantitative estimate of drug-likeness (QED) is 0.509. The standard InChI is InChI=1S/C23H37NO/c1-3-4-5-6-7-18-8-9-20-15-22(2,12-10-19(20)14-18)21-11-13-23(24,16-21)17-25/h3-4,10,15,18,21,25H,5-9,11-14,16-17,24H2,1-2H3/b4-3-/t18-,21+,22?,23-/m1/s1. The first-order chi connectivity index (χ1) is 12.0. The zero-order valence-corrected chi connectivity index (χ0v) is 16.3. The van der Waals surface area contributed by atoms with Crippen LogP contribution in [-0.2, 0) is 0 Å². The SMILES string of the molecule is C/C=C\CCC[C@@H]1CCC2=CC(C)([C@H]3CC[C@](N)(CO)C3)CC=C2C1. The molecular weight excluding hydrogens is 306 g/mol. The van der Waals surface area contributed by atoms with Crippen LogP contribution in [-0.4, -0.2) is 17.3 Å². The molecule has 3 N–H and O–H groups in total. The summed E-state index contributed by atoms with van der Waals surface area (Å²) in [7, 11) is 0. The first-order valence-corrected chi connectivity index (χ1v) is 10.4. The average molecular weight is 344 g/mol. The third-order valence-electron chi connectivity index (χ3n) is 7.15. The number of aliphatic hydroxyl groups is 1. The van der Waals surface area contributed by atoms with Crippen LogP contribution in [0.15, 0.2) is 35.5 Å². The molecule has 4 atom stereocenters. The van der Waals surface area contributed by atoms with E-state index >= 15 is 0 Å². The molecule has 0 saturated heterocycles. The predicted octanol–water partition coefficient (Wildman–Crippen LogP) is 5.29. The van der Waals surface area contributed by atoms with E-state index in [0.717, 1.165) is 31.6 Å². The highest BCUT2D eigenvalue weighted by Crippen LogP contribution is 2.51. The van der Waals surface area contributed by atoms with Gasteiger partial charge in [0.25, 0.3) is 0 Å². The number of aliphatic hydroxyl groups excluding tert-OH is 1. The van der Waals surface area contributed by atoms with Crippen molar-refractivity contribution in [3.05, 3.63) is 35.5 Å². The molecule has 2 heteroatoms. The molecule has 0 amide bonds. The van der Waals surface area contributed by atoms with E-state index in [1.54, 1.807) is 11.1 Å². The monoisotopic (exact) mass is 343 g/mol. The van der Waals surface area contributed by atoms with E-state index in [4.69, 9.17) is 5.73 Å². The van der Waals surface area contributed by atoms with E-state index in [0.29, 0.717) is 5.92 Å². The highest BCUT2D eigenvalue weighted by Gasteiger charge is 2.44. The van der Waals surface area contributed by atoms with Crippen LogP contribution in [0.5, 0.6) is 0 Å². The Morgan fingerprint density at radius 2 is 2.16 bits per heavy atom. The van der Waals surface area contributed by atoms with Crippen molar-refractivity contribution in [2.75, 3.05) is 6.61 Å². The molecule has 0 radical (unpaired) electrons. The zero-order valence-electron chi connectivity index (χ0n) is 16.3. The van der Waals surface area contributed by atoms with Gasteiger partial charge in [-0.05, 0) is 99.5 Å². The van der Waals surface area contributed by atoms with Gasteiger partial charge in [0, 0.05) is 5.54 Å². The molecule has 0 heterocycles. The van der Waals surface area contributed by atoms with E-state index in [1.807, 2.05) is 0 Å². The lowest BCUT2D eigenvalue weighted by atomic mass is 9.66. The second kappa shape index (κ2) is 7.80. The molecule has 3 aliphatic carbocycles. The van der Waals surface area contributed by atoms with E-state index in [1.165, 1.54) is 38.5 Å². The number of hydrogen-bond donors (Lipinski definition) is 2. The highest BCUT2D eigenvalue weighted by molar-refractivity contribution is 5.39.